The van der Waals surface area contributed by atoms with Crippen LogP contribution < -0.4 is 11.1 Å². The van der Waals surface area contributed by atoms with Gasteiger partial charge < -0.3 is 25.3 Å². The number of nitrogens with one attached hydrogen (secondary N) is 1. The fraction of sp³-hybridized carbons (Fsp3) is 0.429. The minimum atomic E-state index is -4.62. The Balaban J connectivity index is 2.23. The van der Waals surface area contributed by atoms with E-state index in [1.165, 1.54) is 25.3 Å². The van der Waals surface area contributed by atoms with Crippen molar-refractivity contribution in [2.45, 2.75) is 19.0 Å². The van der Waals surface area contributed by atoms with Gasteiger partial charge in [-0.1, -0.05) is 18.2 Å². The van der Waals surface area contributed by atoms with Crippen LogP contribution in [0.15, 0.2) is 51.8 Å². The first-order valence-electron chi connectivity index (χ1n) is 9.76. The zero-order valence-electron chi connectivity index (χ0n) is 17.2. The summed E-state index contributed by atoms with van der Waals surface area (Å²) in [5.41, 5.74) is 5.82. The molecule has 2 aliphatic rings. The number of hydrogen-bond acceptors (Lipinski definition) is 7. The SMILES string of the molecule is CCOC(=O)C1=C(COCCN)NC2=C(C(OC)=NC2)C1c1ccccc1C(F)(F)F. The molecule has 0 bridgehead atoms. The van der Waals surface area contributed by atoms with Crippen LogP contribution in [0, 0.1) is 0 Å². The number of benzene rings is 1. The van der Waals surface area contributed by atoms with E-state index in [1.54, 1.807) is 6.92 Å². The Labute approximate surface area is 177 Å². The Morgan fingerprint density at radius 3 is 2.71 bits per heavy atom. The normalized spacial score (nSPS) is 18.5. The number of nitrogens with zero attached hydrogens (tertiary/aromatic N) is 1. The van der Waals surface area contributed by atoms with Crippen molar-refractivity contribution in [3.05, 3.63) is 57.9 Å². The predicted octanol–water partition coefficient (Wildman–Crippen LogP) is 2.50. The van der Waals surface area contributed by atoms with Gasteiger partial charge >= 0.3 is 12.1 Å². The van der Waals surface area contributed by atoms with E-state index in [9.17, 15) is 18.0 Å². The van der Waals surface area contributed by atoms with Gasteiger partial charge in [-0.05, 0) is 18.6 Å². The molecule has 1 aromatic rings. The molecule has 0 aliphatic carbocycles. The van der Waals surface area contributed by atoms with Crippen LogP contribution in [-0.2, 0) is 25.2 Å². The molecule has 0 aromatic heterocycles. The van der Waals surface area contributed by atoms with Crippen LogP contribution in [0.2, 0.25) is 0 Å². The summed E-state index contributed by atoms with van der Waals surface area (Å²) in [6.45, 7) is 2.29. The zero-order chi connectivity index (χ0) is 22.6. The molecule has 3 N–H and O–H groups in total. The van der Waals surface area contributed by atoms with Gasteiger partial charge in [-0.2, -0.15) is 13.2 Å². The van der Waals surface area contributed by atoms with E-state index in [4.69, 9.17) is 19.9 Å². The molecule has 2 aliphatic heterocycles. The third-order valence-electron chi connectivity index (χ3n) is 4.92. The van der Waals surface area contributed by atoms with Crippen LogP contribution in [0.3, 0.4) is 0 Å². The van der Waals surface area contributed by atoms with Crippen molar-refractivity contribution >= 4 is 11.9 Å². The fourth-order valence-electron chi connectivity index (χ4n) is 3.74. The van der Waals surface area contributed by atoms with Crippen LogP contribution >= 0.6 is 0 Å². The minimum Gasteiger partial charge on any atom is -0.481 e. The summed E-state index contributed by atoms with van der Waals surface area (Å²) in [4.78, 5) is 17.3. The molecule has 1 aromatic carbocycles. The van der Waals surface area contributed by atoms with Crippen molar-refractivity contribution in [2.75, 3.05) is 40.0 Å². The van der Waals surface area contributed by atoms with E-state index in [0.29, 0.717) is 17.0 Å². The zero-order valence-corrected chi connectivity index (χ0v) is 17.2. The average molecular weight is 439 g/mol. The van der Waals surface area contributed by atoms with Gasteiger partial charge in [0.1, 0.15) is 0 Å². The van der Waals surface area contributed by atoms with Gasteiger partial charge in [0.05, 0.1) is 56.2 Å². The van der Waals surface area contributed by atoms with Crippen molar-refractivity contribution in [3.63, 3.8) is 0 Å². The smallest absolute Gasteiger partial charge is 0.416 e. The Morgan fingerprint density at radius 1 is 1.32 bits per heavy atom. The van der Waals surface area contributed by atoms with Crippen molar-refractivity contribution < 1.29 is 32.2 Å². The molecular formula is C21H24F3N3O4. The molecule has 3 rings (SSSR count). The number of halogens is 3. The maximum Gasteiger partial charge on any atom is 0.416 e. The summed E-state index contributed by atoms with van der Waals surface area (Å²) < 4.78 is 57.7. The van der Waals surface area contributed by atoms with Crippen LogP contribution in [-0.4, -0.2) is 51.9 Å². The van der Waals surface area contributed by atoms with E-state index < -0.39 is 23.6 Å². The van der Waals surface area contributed by atoms with E-state index in [2.05, 4.69) is 10.3 Å². The number of methoxy groups -OCH3 is 1. The standard InChI is InChI=1S/C21H24F3N3O4/c1-3-31-20(28)18-15(11-30-9-8-25)27-14-10-26-19(29-2)17(14)16(18)12-6-4-5-7-13(12)21(22,23)24/h4-7,16,27H,3,8-11,25H2,1-2H3. The molecule has 0 amide bonds. The lowest BCUT2D eigenvalue weighted by molar-refractivity contribution is -0.140. The summed E-state index contributed by atoms with van der Waals surface area (Å²) in [6, 6.07) is 5.15. The van der Waals surface area contributed by atoms with Gasteiger partial charge in [0.2, 0.25) is 5.90 Å². The first-order chi connectivity index (χ1) is 14.8. The Bertz CT molecular complexity index is 938. The van der Waals surface area contributed by atoms with Crippen LogP contribution in [0.5, 0.6) is 0 Å². The Hall–Kier alpha value is -2.85. The van der Waals surface area contributed by atoms with Crippen molar-refractivity contribution in [1.29, 1.82) is 0 Å². The van der Waals surface area contributed by atoms with Gasteiger partial charge in [0, 0.05) is 17.8 Å². The van der Waals surface area contributed by atoms with Crippen LogP contribution in [0.25, 0.3) is 0 Å². The first kappa shape index (κ1) is 22.8. The summed E-state index contributed by atoms with van der Waals surface area (Å²) in [7, 11) is 1.38. The maximum absolute atomic E-state index is 13.9. The van der Waals surface area contributed by atoms with Gasteiger partial charge in [0.25, 0.3) is 0 Å². The second-order valence-electron chi connectivity index (χ2n) is 6.81. The number of aliphatic imine (C=N–C) groups is 1. The number of rotatable bonds is 7. The van der Waals surface area contributed by atoms with Crippen molar-refractivity contribution in [1.82, 2.24) is 5.32 Å². The number of ether oxygens (including phenoxy) is 3. The topological polar surface area (TPSA) is 95.2 Å². The largest absolute Gasteiger partial charge is 0.481 e. The lowest BCUT2D eigenvalue weighted by atomic mass is 9.78. The summed E-state index contributed by atoms with van der Waals surface area (Å²) >= 11 is 0. The third kappa shape index (κ3) is 4.59. The highest BCUT2D eigenvalue weighted by Crippen LogP contribution is 2.45. The monoisotopic (exact) mass is 439 g/mol. The third-order valence-corrected chi connectivity index (χ3v) is 4.92. The van der Waals surface area contributed by atoms with E-state index >= 15 is 0 Å². The summed E-state index contributed by atoms with van der Waals surface area (Å²) in [6.07, 6.45) is -4.62. The molecule has 0 fully saturated rings. The van der Waals surface area contributed by atoms with Gasteiger partial charge in [-0.15, -0.1) is 0 Å². The van der Waals surface area contributed by atoms with E-state index in [0.717, 1.165) is 6.07 Å². The number of dihydropyridines is 1. The van der Waals surface area contributed by atoms with Crippen molar-refractivity contribution in [3.8, 4) is 0 Å². The fourth-order valence-corrected chi connectivity index (χ4v) is 3.74. The second-order valence-corrected chi connectivity index (χ2v) is 6.81. The quantitative estimate of drug-likeness (QED) is 0.501. The summed E-state index contributed by atoms with van der Waals surface area (Å²) in [5.74, 6) is -1.66. The lowest BCUT2D eigenvalue weighted by Crippen LogP contribution is -2.35. The first-order valence-corrected chi connectivity index (χ1v) is 9.76. The molecule has 2 heterocycles. The summed E-state index contributed by atoms with van der Waals surface area (Å²) in [5, 5.41) is 3.10. The molecule has 168 valence electrons. The average Bonchev–Trinajstić information content (AvgIpc) is 3.15. The molecule has 10 heteroatoms. The molecule has 1 unspecified atom stereocenters. The van der Waals surface area contributed by atoms with Crippen molar-refractivity contribution in [2.24, 2.45) is 10.7 Å². The van der Waals surface area contributed by atoms with Crippen LogP contribution in [0.4, 0.5) is 13.2 Å². The minimum absolute atomic E-state index is 0.0287. The second kappa shape index (κ2) is 9.52. The molecule has 0 saturated heterocycles. The molecule has 0 spiro atoms. The molecule has 0 radical (unpaired) electrons. The number of carbonyl (C=O) groups excluding carboxylic acids is 1. The highest BCUT2D eigenvalue weighted by atomic mass is 19.4. The molecule has 1 atom stereocenters. The van der Waals surface area contributed by atoms with E-state index in [1.807, 2.05) is 0 Å². The molecule has 0 saturated carbocycles. The number of alkyl halides is 3. The highest BCUT2D eigenvalue weighted by Gasteiger charge is 2.44. The van der Waals surface area contributed by atoms with Gasteiger partial charge in [-0.25, -0.2) is 9.79 Å². The maximum atomic E-state index is 13.9. The lowest BCUT2D eigenvalue weighted by Gasteiger charge is -2.32. The van der Waals surface area contributed by atoms with E-state index in [-0.39, 0.29) is 49.9 Å². The van der Waals surface area contributed by atoms with Gasteiger partial charge in [-0.3, -0.25) is 0 Å². The number of hydrogen-bond donors (Lipinski definition) is 2. The number of carbonyl (C=O) groups is 1. The molecule has 7 nitrogen and oxygen atoms in total. The molecule has 31 heavy (non-hydrogen) atoms. The Kier molecular flexibility index (Phi) is 7.01. The number of nitrogens with two attached hydrogens (primary N) is 1. The van der Waals surface area contributed by atoms with Crippen LogP contribution in [0.1, 0.15) is 24.0 Å². The molecular weight excluding hydrogens is 415 g/mol. The van der Waals surface area contributed by atoms with Gasteiger partial charge in [0.15, 0.2) is 0 Å². The highest BCUT2D eigenvalue weighted by molar-refractivity contribution is 6.03. The predicted molar refractivity (Wildman–Crippen MR) is 107 cm³/mol. The Morgan fingerprint density at radius 2 is 2.06 bits per heavy atom. The number of esters is 1.